The van der Waals surface area contributed by atoms with Crippen molar-refractivity contribution >= 4 is 21.9 Å². The first-order valence-corrected chi connectivity index (χ1v) is 7.49. The smallest absolute Gasteiger partial charge is 0.309 e. The van der Waals surface area contributed by atoms with Crippen LogP contribution in [0.5, 0.6) is 11.5 Å². The first kappa shape index (κ1) is 15.2. The molecule has 0 unspecified atom stereocenters. The summed E-state index contributed by atoms with van der Waals surface area (Å²) >= 11 is 3.49. The number of halogens is 1. The number of benzene rings is 1. The van der Waals surface area contributed by atoms with E-state index in [1.807, 2.05) is 13.0 Å². The predicted octanol–water partition coefficient (Wildman–Crippen LogP) is 3.44. The summed E-state index contributed by atoms with van der Waals surface area (Å²) in [5.74, 6) is 0.680. The zero-order chi connectivity index (χ0) is 14.9. The van der Waals surface area contributed by atoms with E-state index < -0.39 is 11.4 Å². The maximum absolute atomic E-state index is 11.3. The third-order valence-electron chi connectivity index (χ3n) is 3.53. The van der Waals surface area contributed by atoms with Crippen molar-refractivity contribution in [3.63, 3.8) is 0 Å². The van der Waals surface area contributed by atoms with E-state index in [0.29, 0.717) is 19.6 Å². The number of hydrogen-bond donors (Lipinski definition) is 1. The Balaban J connectivity index is 2.48. The number of ether oxygens (including phenoxy) is 2. The molecule has 0 spiro atoms. The normalized spacial score (nSPS) is 14.2. The molecule has 4 nitrogen and oxygen atoms in total. The van der Waals surface area contributed by atoms with Gasteiger partial charge in [-0.05, 0) is 54.2 Å². The van der Waals surface area contributed by atoms with E-state index in [0.717, 1.165) is 33.5 Å². The van der Waals surface area contributed by atoms with E-state index in [2.05, 4.69) is 15.9 Å². The molecule has 0 aromatic heterocycles. The van der Waals surface area contributed by atoms with Gasteiger partial charge in [0.2, 0.25) is 0 Å². The maximum Gasteiger partial charge on any atom is 0.309 e. The topological polar surface area (TPSA) is 55.8 Å². The Morgan fingerprint density at radius 3 is 2.50 bits per heavy atom. The third-order valence-corrected chi connectivity index (χ3v) is 4.12. The second kappa shape index (κ2) is 5.64. The summed E-state index contributed by atoms with van der Waals surface area (Å²) < 4.78 is 12.2. The van der Waals surface area contributed by atoms with Crippen LogP contribution >= 0.6 is 15.9 Å². The van der Waals surface area contributed by atoms with Crippen molar-refractivity contribution in [1.82, 2.24) is 0 Å². The van der Waals surface area contributed by atoms with Gasteiger partial charge >= 0.3 is 5.97 Å². The van der Waals surface area contributed by atoms with E-state index >= 15 is 0 Å². The van der Waals surface area contributed by atoms with E-state index in [1.165, 1.54) is 0 Å². The molecule has 0 atom stereocenters. The molecule has 1 N–H and O–H groups in total. The van der Waals surface area contributed by atoms with Crippen LogP contribution in [0.1, 0.15) is 31.9 Å². The Bertz CT molecular complexity index is 537. The van der Waals surface area contributed by atoms with Gasteiger partial charge in [-0.15, -0.1) is 0 Å². The van der Waals surface area contributed by atoms with Gasteiger partial charge in [0.25, 0.3) is 0 Å². The summed E-state index contributed by atoms with van der Waals surface area (Å²) in [6.45, 7) is 6.57. The molecule has 0 saturated carbocycles. The average Bonchev–Trinajstić information content (AvgIpc) is 2.38. The quantitative estimate of drug-likeness (QED) is 0.910. The summed E-state index contributed by atoms with van der Waals surface area (Å²) in [6, 6.07) is 1.96. The van der Waals surface area contributed by atoms with Gasteiger partial charge in [-0.1, -0.05) is 6.92 Å². The summed E-state index contributed by atoms with van der Waals surface area (Å²) in [5.41, 5.74) is 1.22. The number of fused-ring (bicyclic) bond motifs is 1. The molecule has 0 fully saturated rings. The van der Waals surface area contributed by atoms with Gasteiger partial charge in [-0.2, -0.15) is 0 Å². The van der Waals surface area contributed by atoms with E-state index in [1.54, 1.807) is 13.8 Å². The maximum atomic E-state index is 11.3. The van der Waals surface area contributed by atoms with Gasteiger partial charge in [0.1, 0.15) is 13.2 Å². The molecule has 0 radical (unpaired) electrons. The molecule has 0 amide bonds. The fraction of sp³-hybridized carbons (Fsp3) is 0.533. The Labute approximate surface area is 127 Å². The lowest BCUT2D eigenvalue weighted by Crippen LogP contribution is -2.27. The molecule has 0 saturated heterocycles. The zero-order valence-corrected chi connectivity index (χ0v) is 13.5. The molecule has 1 aromatic rings. The average molecular weight is 343 g/mol. The summed E-state index contributed by atoms with van der Waals surface area (Å²) in [5, 5.41) is 9.31. The second-order valence-electron chi connectivity index (χ2n) is 5.57. The molecule has 1 heterocycles. The summed E-state index contributed by atoms with van der Waals surface area (Å²) in [4.78, 5) is 11.3. The SMILES string of the molecule is CCc1c(CC(C)(C)C(=O)O)cc(Br)c2c1OCCO2. The van der Waals surface area contributed by atoms with Crippen LogP contribution in [-0.4, -0.2) is 24.3 Å². The van der Waals surface area contributed by atoms with Crippen LogP contribution in [0, 0.1) is 5.41 Å². The van der Waals surface area contributed by atoms with Crippen LogP contribution < -0.4 is 9.47 Å². The first-order chi connectivity index (χ1) is 9.36. The number of hydrogen-bond acceptors (Lipinski definition) is 3. The van der Waals surface area contributed by atoms with Gasteiger partial charge < -0.3 is 14.6 Å². The van der Waals surface area contributed by atoms with E-state index in [4.69, 9.17) is 9.47 Å². The Kier molecular flexibility index (Phi) is 4.28. The number of carboxylic acid groups (broad SMARTS) is 1. The van der Waals surface area contributed by atoms with Gasteiger partial charge in [0.05, 0.1) is 9.89 Å². The Morgan fingerprint density at radius 2 is 1.95 bits per heavy atom. The van der Waals surface area contributed by atoms with Crippen molar-refractivity contribution in [3.8, 4) is 11.5 Å². The highest BCUT2D eigenvalue weighted by molar-refractivity contribution is 9.10. The highest BCUT2D eigenvalue weighted by Gasteiger charge is 2.30. The monoisotopic (exact) mass is 342 g/mol. The molecule has 1 aliphatic heterocycles. The molecular formula is C15H19BrO4. The van der Waals surface area contributed by atoms with Crippen LogP contribution in [0.15, 0.2) is 10.5 Å². The molecule has 0 bridgehead atoms. The number of aliphatic carboxylic acids is 1. The largest absolute Gasteiger partial charge is 0.486 e. The second-order valence-corrected chi connectivity index (χ2v) is 6.42. The predicted molar refractivity (Wildman–Crippen MR) is 79.6 cm³/mol. The van der Waals surface area contributed by atoms with Gasteiger partial charge in [0, 0.05) is 5.56 Å². The molecule has 1 aromatic carbocycles. The molecule has 0 aliphatic carbocycles. The lowest BCUT2D eigenvalue weighted by Gasteiger charge is -2.26. The number of carbonyl (C=O) groups is 1. The highest BCUT2D eigenvalue weighted by Crippen LogP contribution is 2.43. The van der Waals surface area contributed by atoms with Crippen molar-refractivity contribution in [3.05, 3.63) is 21.7 Å². The summed E-state index contributed by atoms with van der Waals surface area (Å²) in [6.07, 6.45) is 1.24. The molecule has 1 aliphatic rings. The van der Waals surface area contributed by atoms with Crippen LogP contribution in [0.4, 0.5) is 0 Å². The van der Waals surface area contributed by atoms with Gasteiger partial charge in [-0.25, -0.2) is 0 Å². The van der Waals surface area contributed by atoms with Crippen molar-refractivity contribution in [2.24, 2.45) is 5.41 Å². The molecule has 110 valence electrons. The molecular weight excluding hydrogens is 324 g/mol. The molecule has 5 heteroatoms. The van der Waals surface area contributed by atoms with Crippen LogP contribution in [0.3, 0.4) is 0 Å². The first-order valence-electron chi connectivity index (χ1n) is 6.70. The van der Waals surface area contributed by atoms with E-state index in [-0.39, 0.29) is 0 Å². The van der Waals surface area contributed by atoms with Crippen molar-refractivity contribution in [2.75, 3.05) is 13.2 Å². The van der Waals surface area contributed by atoms with Crippen LogP contribution in [-0.2, 0) is 17.6 Å². The number of carboxylic acids is 1. The minimum atomic E-state index is -0.812. The van der Waals surface area contributed by atoms with Gasteiger partial charge in [0.15, 0.2) is 11.5 Å². The van der Waals surface area contributed by atoms with Crippen molar-refractivity contribution in [2.45, 2.75) is 33.6 Å². The van der Waals surface area contributed by atoms with Crippen LogP contribution in [0.2, 0.25) is 0 Å². The zero-order valence-electron chi connectivity index (χ0n) is 12.0. The third kappa shape index (κ3) is 2.77. The van der Waals surface area contributed by atoms with Crippen LogP contribution in [0.25, 0.3) is 0 Å². The molecule has 20 heavy (non-hydrogen) atoms. The minimum absolute atomic E-state index is 0.459. The Hall–Kier alpha value is -1.23. The van der Waals surface area contributed by atoms with Crippen molar-refractivity contribution < 1.29 is 19.4 Å². The fourth-order valence-electron chi connectivity index (χ4n) is 2.37. The lowest BCUT2D eigenvalue weighted by atomic mass is 9.83. The fourth-order valence-corrected chi connectivity index (χ4v) is 2.94. The number of rotatable bonds is 4. The van der Waals surface area contributed by atoms with Gasteiger partial charge in [-0.3, -0.25) is 4.79 Å². The van der Waals surface area contributed by atoms with E-state index in [9.17, 15) is 9.90 Å². The Morgan fingerprint density at radius 1 is 1.35 bits per heavy atom. The molecule has 2 rings (SSSR count). The standard InChI is InChI=1S/C15H19BrO4/c1-4-10-9(8-15(2,3)14(17)18)7-11(16)13-12(10)19-5-6-20-13/h7H,4-6,8H2,1-3H3,(H,17,18). The minimum Gasteiger partial charge on any atom is -0.486 e. The highest BCUT2D eigenvalue weighted by atomic mass is 79.9. The van der Waals surface area contributed by atoms with Crippen molar-refractivity contribution in [1.29, 1.82) is 0 Å². The lowest BCUT2D eigenvalue weighted by molar-refractivity contribution is -0.146. The summed E-state index contributed by atoms with van der Waals surface area (Å²) in [7, 11) is 0.